The quantitative estimate of drug-likeness (QED) is 0.530. The van der Waals surface area contributed by atoms with Gasteiger partial charge in [-0.2, -0.15) is 0 Å². The molecule has 23 heavy (non-hydrogen) atoms. The molecule has 0 radical (unpaired) electrons. The molecule has 0 aromatic heterocycles. The fraction of sp³-hybridized carbons (Fsp3) is 0.786. The van der Waals surface area contributed by atoms with E-state index in [-0.39, 0.29) is 37.0 Å². The number of amides is 2. The van der Waals surface area contributed by atoms with Gasteiger partial charge >= 0.3 is 5.97 Å². The number of carbonyl (C=O) groups excluding carboxylic acids is 3. The van der Waals surface area contributed by atoms with Crippen LogP contribution in [0.1, 0.15) is 6.42 Å². The molecule has 2 rings (SSSR count). The van der Waals surface area contributed by atoms with E-state index in [1.54, 1.807) is 7.05 Å². The number of hydrogen-bond donors (Lipinski definition) is 2. The monoisotopic (exact) mass is 330 g/mol. The van der Waals surface area contributed by atoms with Crippen LogP contribution in [0.3, 0.4) is 0 Å². The summed E-state index contributed by atoms with van der Waals surface area (Å²) in [6.45, 7) is -0.588. The van der Waals surface area contributed by atoms with Gasteiger partial charge in [0.25, 0.3) is 0 Å². The first-order valence-corrected chi connectivity index (χ1v) is 7.39. The number of methoxy groups -OCH3 is 1. The molecule has 0 aromatic rings. The Balaban J connectivity index is 1.90. The SMILES string of the molecule is CNC(=O)COCC(=O)O[C@H]1C(OC)C2CC(C(=O)NC)[C@@H]1O2. The first kappa shape index (κ1) is 17.6. The number of nitrogens with one attached hydrogen (secondary N) is 2. The van der Waals surface area contributed by atoms with E-state index in [0.29, 0.717) is 6.42 Å². The molecule has 2 aliphatic heterocycles. The topological polar surface area (TPSA) is 112 Å². The van der Waals surface area contributed by atoms with Crippen molar-refractivity contribution in [2.45, 2.75) is 30.8 Å². The zero-order chi connectivity index (χ0) is 17.0. The molecule has 2 fully saturated rings. The van der Waals surface area contributed by atoms with E-state index < -0.39 is 24.3 Å². The Hall–Kier alpha value is -1.71. The Morgan fingerprint density at radius 2 is 1.87 bits per heavy atom. The standard InChI is InChI=1S/C14H22N2O7/c1-15-9(17)5-21-6-10(18)23-13-11-7(14(19)16-2)4-8(22-11)12(13)20-3/h7-8,11-13H,4-6H2,1-3H3,(H,15,17)(H,16,19)/t7?,8?,11-,12?,13+/m0/s1. The molecule has 0 aliphatic carbocycles. The first-order valence-electron chi connectivity index (χ1n) is 7.39. The summed E-state index contributed by atoms with van der Waals surface area (Å²) in [6, 6.07) is 0. The summed E-state index contributed by atoms with van der Waals surface area (Å²) >= 11 is 0. The second-order valence-electron chi connectivity index (χ2n) is 5.42. The number of fused-ring (bicyclic) bond motifs is 2. The predicted molar refractivity (Wildman–Crippen MR) is 76.4 cm³/mol. The summed E-state index contributed by atoms with van der Waals surface area (Å²) in [4.78, 5) is 34.7. The maximum absolute atomic E-state index is 11.9. The number of rotatable bonds is 7. The molecule has 0 spiro atoms. The molecule has 9 nitrogen and oxygen atoms in total. The average molecular weight is 330 g/mol. The van der Waals surface area contributed by atoms with Crippen LogP contribution >= 0.6 is 0 Å². The molecule has 0 saturated carbocycles. The highest BCUT2D eigenvalue weighted by molar-refractivity contribution is 5.80. The summed E-state index contributed by atoms with van der Waals surface area (Å²) in [7, 11) is 4.53. The Labute approximate surface area is 134 Å². The predicted octanol–water partition coefficient (Wildman–Crippen LogP) is -1.79. The minimum Gasteiger partial charge on any atom is -0.455 e. The maximum atomic E-state index is 11.9. The Kier molecular flexibility index (Phi) is 5.91. The van der Waals surface area contributed by atoms with Gasteiger partial charge in [0.15, 0.2) is 6.10 Å². The van der Waals surface area contributed by atoms with Crippen LogP contribution in [0.25, 0.3) is 0 Å². The third kappa shape index (κ3) is 3.80. The van der Waals surface area contributed by atoms with E-state index in [2.05, 4.69) is 10.6 Å². The van der Waals surface area contributed by atoms with Crippen LogP contribution < -0.4 is 10.6 Å². The first-order chi connectivity index (χ1) is 11.0. The lowest BCUT2D eigenvalue weighted by atomic mass is 9.84. The van der Waals surface area contributed by atoms with Gasteiger partial charge in [-0.3, -0.25) is 9.59 Å². The molecule has 2 amide bonds. The molecular formula is C14H22N2O7. The second kappa shape index (κ2) is 7.71. The summed E-state index contributed by atoms with van der Waals surface area (Å²) in [6.07, 6.45) is -1.37. The van der Waals surface area contributed by atoms with E-state index >= 15 is 0 Å². The van der Waals surface area contributed by atoms with Gasteiger partial charge in [0.05, 0.1) is 12.0 Å². The molecule has 2 aliphatic rings. The van der Waals surface area contributed by atoms with E-state index in [1.807, 2.05) is 0 Å². The third-order valence-electron chi connectivity index (χ3n) is 4.08. The van der Waals surface area contributed by atoms with E-state index in [1.165, 1.54) is 14.2 Å². The van der Waals surface area contributed by atoms with Gasteiger partial charge in [-0.05, 0) is 6.42 Å². The smallest absolute Gasteiger partial charge is 0.332 e. The van der Waals surface area contributed by atoms with Crippen LogP contribution in [0.15, 0.2) is 0 Å². The highest BCUT2D eigenvalue weighted by atomic mass is 16.6. The van der Waals surface area contributed by atoms with Crippen LogP contribution in [0.4, 0.5) is 0 Å². The average Bonchev–Trinajstić information content (AvgIpc) is 3.11. The van der Waals surface area contributed by atoms with Crippen molar-refractivity contribution in [2.75, 3.05) is 34.4 Å². The number of carbonyl (C=O) groups is 3. The molecule has 2 bridgehead atoms. The van der Waals surface area contributed by atoms with Gasteiger partial charge in [0, 0.05) is 21.2 Å². The normalized spacial score (nSPS) is 31.7. The van der Waals surface area contributed by atoms with Crippen molar-refractivity contribution in [1.29, 1.82) is 0 Å². The van der Waals surface area contributed by atoms with Gasteiger partial charge in [0.1, 0.15) is 25.4 Å². The third-order valence-corrected chi connectivity index (χ3v) is 4.08. The summed E-state index contributed by atoms with van der Waals surface area (Å²) in [5.74, 6) is -1.49. The zero-order valence-corrected chi connectivity index (χ0v) is 13.4. The van der Waals surface area contributed by atoms with Crippen molar-refractivity contribution < 1.29 is 33.3 Å². The largest absolute Gasteiger partial charge is 0.455 e. The minimum absolute atomic E-state index is 0.149. The molecule has 130 valence electrons. The highest BCUT2D eigenvalue weighted by Crippen LogP contribution is 2.42. The Morgan fingerprint density at radius 3 is 2.48 bits per heavy atom. The van der Waals surface area contributed by atoms with Crippen molar-refractivity contribution in [3.05, 3.63) is 0 Å². The van der Waals surface area contributed by atoms with Crippen LogP contribution in [0, 0.1) is 5.92 Å². The maximum Gasteiger partial charge on any atom is 0.332 e. The van der Waals surface area contributed by atoms with Crippen molar-refractivity contribution in [3.63, 3.8) is 0 Å². The Bertz CT molecular complexity index is 470. The fourth-order valence-corrected chi connectivity index (χ4v) is 3.00. The van der Waals surface area contributed by atoms with E-state index in [4.69, 9.17) is 18.9 Å². The highest BCUT2D eigenvalue weighted by Gasteiger charge is 2.58. The van der Waals surface area contributed by atoms with E-state index in [0.717, 1.165) is 0 Å². The van der Waals surface area contributed by atoms with Crippen LogP contribution in [-0.2, 0) is 33.3 Å². The lowest BCUT2D eigenvalue weighted by Crippen LogP contribution is -2.49. The number of ether oxygens (including phenoxy) is 4. The lowest BCUT2D eigenvalue weighted by Gasteiger charge is -2.30. The van der Waals surface area contributed by atoms with Gasteiger partial charge in [-0.15, -0.1) is 0 Å². The van der Waals surface area contributed by atoms with Crippen molar-refractivity contribution in [3.8, 4) is 0 Å². The fourth-order valence-electron chi connectivity index (χ4n) is 3.00. The molecule has 3 unspecified atom stereocenters. The molecule has 5 atom stereocenters. The Morgan fingerprint density at radius 1 is 1.13 bits per heavy atom. The van der Waals surface area contributed by atoms with Gasteiger partial charge in [0.2, 0.25) is 11.8 Å². The van der Waals surface area contributed by atoms with Gasteiger partial charge in [-0.1, -0.05) is 0 Å². The van der Waals surface area contributed by atoms with Crippen LogP contribution in [0.5, 0.6) is 0 Å². The molecule has 2 saturated heterocycles. The van der Waals surface area contributed by atoms with Crippen molar-refractivity contribution in [1.82, 2.24) is 10.6 Å². The number of hydrogen-bond acceptors (Lipinski definition) is 7. The minimum atomic E-state index is -0.669. The second-order valence-corrected chi connectivity index (χ2v) is 5.42. The molecule has 0 aromatic carbocycles. The van der Waals surface area contributed by atoms with Crippen LogP contribution in [-0.4, -0.2) is 76.6 Å². The van der Waals surface area contributed by atoms with E-state index in [9.17, 15) is 14.4 Å². The number of esters is 1. The van der Waals surface area contributed by atoms with Crippen molar-refractivity contribution in [2.24, 2.45) is 5.92 Å². The zero-order valence-electron chi connectivity index (χ0n) is 13.4. The molecule has 2 N–H and O–H groups in total. The molecular weight excluding hydrogens is 308 g/mol. The van der Waals surface area contributed by atoms with Crippen molar-refractivity contribution >= 4 is 17.8 Å². The van der Waals surface area contributed by atoms with Crippen LogP contribution in [0.2, 0.25) is 0 Å². The van der Waals surface area contributed by atoms with Gasteiger partial charge < -0.3 is 29.6 Å². The summed E-state index contributed by atoms with van der Waals surface area (Å²) < 4.78 is 21.4. The molecule has 2 heterocycles. The van der Waals surface area contributed by atoms with Gasteiger partial charge in [-0.25, -0.2) is 4.79 Å². The number of likely N-dealkylation sites (N-methyl/N-ethyl adjacent to an activating group) is 1. The lowest BCUT2D eigenvalue weighted by molar-refractivity contribution is -0.165. The summed E-state index contributed by atoms with van der Waals surface area (Å²) in [5, 5.41) is 4.96. The summed E-state index contributed by atoms with van der Waals surface area (Å²) in [5.41, 5.74) is 0. The molecule has 9 heteroatoms.